The molecule has 0 spiro atoms. The van der Waals surface area contributed by atoms with E-state index in [0.717, 1.165) is 50.9 Å². The maximum Gasteiger partial charge on any atom is 0.223 e. The molecule has 1 atom stereocenters. The molecule has 1 aromatic heterocycles. The number of nitrogens with one attached hydrogen (secondary N) is 1. The second-order valence-corrected chi connectivity index (χ2v) is 6.56. The van der Waals surface area contributed by atoms with Crippen molar-refractivity contribution in [3.63, 3.8) is 0 Å². The molecule has 1 fully saturated rings. The Morgan fingerprint density at radius 2 is 2.08 bits per heavy atom. The molecule has 1 unspecified atom stereocenters. The molecule has 24 heavy (non-hydrogen) atoms. The number of amides is 1. The Labute approximate surface area is 152 Å². The molecule has 1 aromatic rings. The molecule has 0 radical (unpaired) electrons. The zero-order chi connectivity index (χ0) is 16.5. The van der Waals surface area contributed by atoms with Gasteiger partial charge in [-0.25, -0.2) is 0 Å². The van der Waals surface area contributed by atoms with Crippen LogP contribution >= 0.6 is 12.4 Å². The first-order chi connectivity index (χ1) is 11.2. The van der Waals surface area contributed by atoms with Crippen molar-refractivity contribution >= 4 is 18.3 Å². The van der Waals surface area contributed by atoms with Crippen molar-refractivity contribution in [3.8, 4) is 0 Å². The van der Waals surface area contributed by atoms with Crippen LogP contribution in [0.15, 0.2) is 24.4 Å². The summed E-state index contributed by atoms with van der Waals surface area (Å²) in [6.07, 6.45) is 7.91. The lowest BCUT2D eigenvalue weighted by Gasteiger charge is -2.32. The Hall–Kier alpha value is -1.13. The van der Waals surface area contributed by atoms with Gasteiger partial charge < -0.3 is 10.2 Å². The summed E-state index contributed by atoms with van der Waals surface area (Å²) in [5.74, 6) is 0.800. The molecule has 1 saturated heterocycles. The molecular weight excluding hydrogens is 322 g/mol. The van der Waals surface area contributed by atoms with Crippen molar-refractivity contribution in [1.29, 1.82) is 0 Å². The highest BCUT2D eigenvalue weighted by molar-refractivity contribution is 5.85. The molecule has 1 aliphatic rings. The molecule has 4 nitrogen and oxygen atoms in total. The first-order valence-corrected chi connectivity index (χ1v) is 9.14. The van der Waals surface area contributed by atoms with Gasteiger partial charge in [0.05, 0.1) is 12.2 Å². The van der Waals surface area contributed by atoms with Crippen molar-refractivity contribution in [3.05, 3.63) is 30.1 Å². The number of aromatic nitrogens is 1. The van der Waals surface area contributed by atoms with Gasteiger partial charge in [0, 0.05) is 18.7 Å². The van der Waals surface area contributed by atoms with E-state index in [4.69, 9.17) is 0 Å². The molecule has 1 amide bonds. The van der Waals surface area contributed by atoms with Crippen molar-refractivity contribution in [2.24, 2.45) is 5.92 Å². The number of rotatable bonds is 7. The van der Waals surface area contributed by atoms with Crippen LogP contribution in [0, 0.1) is 5.92 Å². The fourth-order valence-electron chi connectivity index (χ4n) is 3.34. The van der Waals surface area contributed by atoms with Crippen LogP contribution in [0.1, 0.15) is 58.1 Å². The number of carbonyl (C=O) groups excluding carboxylic acids is 1. The van der Waals surface area contributed by atoms with Gasteiger partial charge in [-0.1, -0.05) is 32.8 Å². The normalized spacial score (nSPS) is 17.9. The Morgan fingerprint density at radius 3 is 2.75 bits per heavy atom. The third-order valence-electron chi connectivity index (χ3n) is 4.98. The Balaban J connectivity index is 0.00000288. The van der Waals surface area contributed by atoms with Crippen LogP contribution in [0.25, 0.3) is 0 Å². The Kier molecular flexibility index (Phi) is 9.96. The number of hydrogen-bond donors (Lipinski definition) is 1. The van der Waals surface area contributed by atoms with E-state index >= 15 is 0 Å². The highest BCUT2D eigenvalue weighted by Gasteiger charge is 2.26. The Morgan fingerprint density at radius 1 is 1.29 bits per heavy atom. The summed E-state index contributed by atoms with van der Waals surface area (Å²) in [5, 5.41) is 3.44. The van der Waals surface area contributed by atoms with E-state index in [1.54, 1.807) is 0 Å². The summed E-state index contributed by atoms with van der Waals surface area (Å²) in [6, 6.07) is 6.29. The van der Waals surface area contributed by atoms with Gasteiger partial charge in [0.15, 0.2) is 0 Å². The van der Waals surface area contributed by atoms with Crippen LogP contribution in [0.2, 0.25) is 0 Å². The van der Waals surface area contributed by atoms with E-state index in [0.29, 0.717) is 30.8 Å². The molecule has 1 aliphatic heterocycles. The fraction of sp³-hybridized carbons (Fsp3) is 0.684. The molecule has 0 bridgehead atoms. The summed E-state index contributed by atoms with van der Waals surface area (Å²) in [6.45, 7) is 7.07. The minimum Gasteiger partial charge on any atom is -0.334 e. The first-order valence-electron chi connectivity index (χ1n) is 9.14. The molecular formula is C19H32ClN3O. The van der Waals surface area contributed by atoms with E-state index in [1.165, 1.54) is 0 Å². The molecule has 5 heteroatoms. The van der Waals surface area contributed by atoms with Crippen molar-refractivity contribution in [2.75, 3.05) is 13.1 Å². The van der Waals surface area contributed by atoms with Gasteiger partial charge in [-0.05, 0) is 50.4 Å². The van der Waals surface area contributed by atoms with Crippen LogP contribution in [0.3, 0.4) is 0 Å². The zero-order valence-electron chi connectivity index (χ0n) is 15.0. The van der Waals surface area contributed by atoms with Crippen molar-refractivity contribution < 1.29 is 4.79 Å². The number of pyridine rings is 1. The van der Waals surface area contributed by atoms with Gasteiger partial charge in [0.25, 0.3) is 0 Å². The molecule has 136 valence electrons. The third kappa shape index (κ3) is 6.40. The van der Waals surface area contributed by atoms with Crippen LogP contribution in [-0.2, 0) is 11.3 Å². The van der Waals surface area contributed by atoms with Crippen LogP contribution in [0.5, 0.6) is 0 Å². The highest BCUT2D eigenvalue weighted by atomic mass is 35.5. The van der Waals surface area contributed by atoms with Gasteiger partial charge in [-0.15, -0.1) is 12.4 Å². The SMILES string of the molecule is CCC(CC)CC(=O)N(Cc1ccccn1)C1CCCNCC1.Cl. The van der Waals surface area contributed by atoms with Crippen LogP contribution in [-0.4, -0.2) is 34.9 Å². The standard InChI is InChI=1S/C19H31N3O.ClH/c1-3-16(4-2)14-19(23)22(15-17-8-5-6-12-21-17)18-9-7-11-20-13-10-18;/h5-6,8,12,16,18,20H,3-4,7,9-11,13-15H2,1-2H3;1H. The summed E-state index contributed by atoms with van der Waals surface area (Å²) in [7, 11) is 0. The average molecular weight is 354 g/mol. The van der Waals surface area contributed by atoms with E-state index in [-0.39, 0.29) is 12.4 Å². The van der Waals surface area contributed by atoms with Crippen molar-refractivity contribution in [2.45, 2.75) is 65.0 Å². The molecule has 2 heterocycles. The number of nitrogens with zero attached hydrogens (tertiary/aromatic N) is 2. The van der Waals surface area contributed by atoms with E-state index < -0.39 is 0 Å². The first kappa shape index (κ1) is 20.9. The van der Waals surface area contributed by atoms with Gasteiger partial charge in [0.2, 0.25) is 5.91 Å². The smallest absolute Gasteiger partial charge is 0.223 e. The van der Waals surface area contributed by atoms with Crippen LogP contribution in [0.4, 0.5) is 0 Å². The lowest BCUT2D eigenvalue weighted by atomic mass is 9.97. The molecule has 0 aliphatic carbocycles. The molecule has 0 saturated carbocycles. The average Bonchev–Trinajstić information content (AvgIpc) is 2.87. The molecule has 0 aromatic carbocycles. The predicted octanol–water partition coefficient (Wildman–Crippen LogP) is 3.80. The van der Waals surface area contributed by atoms with Crippen molar-refractivity contribution in [1.82, 2.24) is 15.2 Å². The number of hydrogen-bond acceptors (Lipinski definition) is 3. The Bertz CT molecular complexity index is 457. The van der Waals surface area contributed by atoms with E-state index in [1.807, 2.05) is 24.4 Å². The van der Waals surface area contributed by atoms with Gasteiger partial charge in [0.1, 0.15) is 0 Å². The second-order valence-electron chi connectivity index (χ2n) is 6.56. The maximum atomic E-state index is 13.0. The van der Waals surface area contributed by atoms with Gasteiger partial charge in [-0.2, -0.15) is 0 Å². The third-order valence-corrected chi connectivity index (χ3v) is 4.98. The topological polar surface area (TPSA) is 45.2 Å². The fourth-order valence-corrected chi connectivity index (χ4v) is 3.34. The van der Waals surface area contributed by atoms with Crippen LogP contribution < -0.4 is 5.32 Å². The second kappa shape index (κ2) is 11.4. The summed E-state index contributed by atoms with van der Waals surface area (Å²) in [4.78, 5) is 19.5. The predicted molar refractivity (Wildman–Crippen MR) is 101 cm³/mol. The number of halogens is 1. The quantitative estimate of drug-likeness (QED) is 0.810. The molecule has 1 N–H and O–H groups in total. The van der Waals surface area contributed by atoms with Gasteiger partial charge in [-0.3, -0.25) is 9.78 Å². The lowest BCUT2D eigenvalue weighted by Crippen LogP contribution is -2.41. The molecule has 2 rings (SSSR count). The maximum absolute atomic E-state index is 13.0. The minimum absolute atomic E-state index is 0. The minimum atomic E-state index is 0. The van der Waals surface area contributed by atoms with E-state index in [2.05, 4.69) is 29.0 Å². The zero-order valence-corrected chi connectivity index (χ0v) is 15.9. The lowest BCUT2D eigenvalue weighted by molar-refractivity contribution is -0.135. The summed E-state index contributed by atoms with van der Waals surface area (Å²) >= 11 is 0. The summed E-state index contributed by atoms with van der Waals surface area (Å²) < 4.78 is 0. The summed E-state index contributed by atoms with van der Waals surface area (Å²) in [5.41, 5.74) is 0.989. The van der Waals surface area contributed by atoms with Gasteiger partial charge >= 0.3 is 0 Å². The highest BCUT2D eigenvalue weighted by Crippen LogP contribution is 2.21. The van der Waals surface area contributed by atoms with E-state index in [9.17, 15) is 4.79 Å². The largest absolute Gasteiger partial charge is 0.334 e. The number of carbonyl (C=O) groups is 1. The monoisotopic (exact) mass is 353 g/mol.